The lowest BCUT2D eigenvalue weighted by atomic mass is 9.94. The predicted octanol–water partition coefficient (Wildman–Crippen LogP) is 2.15. The van der Waals surface area contributed by atoms with E-state index in [-0.39, 0.29) is 12.3 Å². The maximum atomic E-state index is 11.8. The molecule has 0 bridgehead atoms. The minimum Gasteiger partial charge on any atom is -0.481 e. The van der Waals surface area contributed by atoms with Crippen LogP contribution in [0.2, 0.25) is 0 Å². The van der Waals surface area contributed by atoms with Gasteiger partial charge in [0.15, 0.2) is 0 Å². The van der Waals surface area contributed by atoms with E-state index >= 15 is 0 Å². The first-order valence-electron chi connectivity index (χ1n) is 7.61. The zero-order valence-electron chi connectivity index (χ0n) is 13.0. The molecule has 0 saturated heterocycles. The molecular formula is C15H30N2O3. The van der Waals surface area contributed by atoms with E-state index in [0.717, 1.165) is 19.3 Å². The summed E-state index contributed by atoms with van der Waals surface area (Å²) in [5.41, 5.74) is 5.80. The van der Waals surface area contributed by atoms with E-state index in [9.17, 15) is 9.59 Å². The van der Waals surface area contributed by atoms with Crippen molar-refractivity contribution in [2.75, 3.05) is 6.54 Å². The second-order valence-electron chi connectivity index (χ2n) is 5.90. The van der Waals surface area contributed by atoms with E-state index in [4.69, 9.17) is 10.8 Å². The third-order valence-corrected chi connectivity index (χ3v) is 3.38. The lowest BCUT2D eigenvalue weighted by Gasteiger charge is -2.17. The van der Waals surface area contributed by atoms with Crippen LogP contribution in [0, 0.1) is 11.8 Å². The molecular weight excluding hydrogens is 256 g/mol. The average Bonchev–Trinajstić information content (AvgIpc) is 2.34. The normalized spacial score (nSPS) is 14.1. The van der Waals surface area contributed by atoms with Gasteiger partial charge in [-0.2, -0.15) is 0 Å². The number of carboxylic acid groups (broad SMARTS) is 1. The zero-order chi connectivity index (χ0) is 15.5. The van der Waals surface area contributed by atoms with Crippen molar-refractivity contribution < 1.29 is 14.7 Å². The van der Waals surface area contributed by atoms with E-state index < -0.39 is 12.0 Å². The van der Waals surface area contributed by atoms with Crippen LogP contribution in [0.4, 0.5) is 0 Å². The number of carbonyl (C=O) groups excluding carboxylic acids is 1. The molecule has 0 aliphatic rings. The van der Waals surface area contributed by atoms with Crippen molar-refractivity contribution >= 4 is 11.9 Å². The highest BCUT2D eigenvalue weighted by Gasteiger charge is 2.15. The SMILES string of the molecule is CCCC(CCNC(=O)C(N)CC(C)C)CCC(=O)O. The Morgan fingerprint density at radius 3 is 2.35 bits per heavy atom. The van der Waals surface area contributed by atoms with Crippen molar-refractivity contribution in [1.82, 2.24) is 5.32 Å². The van der Waals surface area contributed by atoms with E-state index in [1.54, 1.807) is 0 Å². The van der Waals surface area contributed by atoms with Crippen LogP contribution in [0.5, 0.6) is 0 Å². The predicted molar refractivity (Wildman–Crippen MR) is 80.3 cm³/mol. The largest absolute Gasteiger partial charge is 0.481 e. The smallest absolute Gasteiger partial charge is 0.303 e. The van der Waals surface area contributed by atoms with Gasteiger partial charge in [0.1, 0.15) is 0 Å². The first-order chi connectivity index (χ1) is 9.36. The van der Waals surface area contributed by atoms with Gasteiger partial charge in [-0.05, 0) is 31.1 Å². The molecule has 1 amide bonds. The number of hydrogen-bond donors (Lipinski definition) is 3. The van der Waals surface area contributed by atoms with Crippen LogP contribution < -0.4 is 11.1 Å². The molecule has 4 N–H and O–H groups in total. The van der Waals surface area contributed by atoms with Crippen LogP contribution >= 0.6 is 0 Å². The van der Waals surface area contributed by atoms with Gasteiger partial charge < -0.3 is 16.2 Å². The van der Waals surface area contributed by atoms with Crippen LogP contribution in [0.1, 0.15) is 59.3 Å². The van der Waals surface area contributed by atoms with Gasteiger partial charge in [-0.25, -0.2) is 0 Å². The third-order valence-electron chi connectivity index (χ3n) is 3.38. The van der Waals surface area contributed by atoms with Gasteiger partial charge in [0.05, 0.1) is 6.04 Å². The molecule has 0 aromatic heterocycles. The Bertz CT molecular complexity index is 293. The second-order valence-corrected chi connectivity index (χ2v) is 5.90. The van der Waals surface area contributed by atoms with Gasteiger partial charge in [0.25, 0.3) is 0 Å². The maximum absolute atomic E-state index is 11.8. The molecule has 0 aliphatic carbocycles. The Balaban J connectivity index is 3.97. The Hall–Kier alpha value is -1.10. The molecule has 0 heterocycles. The summed E-state index contributed by atoms with van der Waals surface area (Å²) in [4.78, 5) is 22.3. The number of aliphatic carboxylic acids is 1. The van der Waals surface area contributed by atoms with E-state index in [1.165, 1.54) is 0 Å². The van der Waals surface area contributed by atoms with Crippen LogP contribution in [-0.2, 0) is 9.59 Å². The summed E-state index contributed by atoms with van der Waals surface area (Å²) < 4.78 is 0. The summed E-state index contributed by atoms with van der Waals surface area (Å²) in [5, 5.41) is 11.6. The maximum Gasteiger partial charge on any atom is 0.303 e. The summed E-state index contributed by atoms with van der Waals surface area (Å²) in [6, 6.07) is -0.446. The topological polar surface area (TPSA) is 92.4 Å². The van der Waals surface area contributed by atoms with E-state index in [0.29, 0.717) is 31.2 Å². The third kappa shape index (κ3) is 9.78. The highest BCUT2D eigenvalue weighted by molar-refractivity contribution is 5.81. The lowest BCUT2D eigenvalue weighted by Crippen LogP contribution is -2.42. The number of hydrogen-bond acceptors (Lipinski definition) is 3. The number of carboxylic acids is 1. The van der Waals surface area contributed by atoms with Gasteiger partial charge in [-0.15, -0.1) is 0 Å². The van der Waals surface area contributed by atoms with Crippen molar-refractivity contribution in [3.8, 4) is 0 Å². The minimum atomic E-state index is -0.755. The molecule has 2 unspecified atom stereocenters. The van der Waals surface area contributed by atoms with Gasteiger partial charge in [-0.3, -0.25) is 9.59 Å². The fourth-order valence-electron chi connectivity index (χ4n) is 2.31. The van der Waals surface area contributed by atoms with Crippen LogP contribution in [0.3, 0.4) is 0 Å². The molecule has 2 atom stereocenters. The molecule has 0 aromatic carbocycles. The summed E-state index contributed by atoms with van der Waals surface area (Å²) in [6.45, 7) is 6.74. The summed E-state index contributed by atoms with van der Waals surface area (Å²) >= 11 is 0. The molecule has 0 radical (unpaired) electrons. The zero-order valence-corrected chi connectivity index (χ0v) is 13.0. The van der Waals surface area contributed by atoms with Crippen LogP contribution in [0.25, 0.3) is 0 Å². The van der Waals surface area contributed by atoms with Crippen molar-refractivity contribution in [2.45, 2.75) is 65.3 Å². The number of rotatable bonds is 11. The standard InChI is InChI=1S/C15H30N2O3/c1-4-5-12(6-7-14(18)19)8-9-17-15(20)13(16)10-11(2)3/h11-13H,4-10,16H2,1-3H3,(H,17,20)(H,18,19). The molecule has 0 aliphatic heterocycles. The van der Waals surface area contributed by atoms with Crippen molar-refractivity contribution in [3.05, 3.63) is 0 Å². The molecule has 0 rings (SSSR count). The fraction of sp³-hybridized carbons (Fsp3) is 0.867. The Morgan fingerprint density at radius 1 is 1.20 bits per heavy atom. The van der Waals surface area contributed by atoms with E-state index in [2.05, 4.69) is 12.2 Å². The Morgan fingerprint density at radius 2 is 1.85 bits per heavy atom. The molecule has 5 nitrogen and oxygen atoms in total. The summed E-state index contributed by atoms with van der Waals surface area (Å²) in [6.07, 6.45) is 4.42. The fourth-order valence-corrected chi connectivity index (χ4v) is 2.31. The number of nitrogens with one attached hydrogen (secondary N) is 1. The molecule has 118 valence electrons. The van der Waals surface area contributed by atoms with Gasteiger partial charge in [0.2, 0.25) is 5.91 Å². The van der Waals surface area contributed by atoms with Crippen molar-refractivity contribution in [1.29, 1.82) is 0 Å². The molecule has 20 heavy (non-hydrogen) atoms. The first kappa shape index (κ1) is 18.9. The Labute approximate surface area is 122 Å². The highest BCUT2D eigenvalue weighted by atomic mass is 16.4. The van der Waals surface area contributed by atoms with Gasteiger partial charge >= 0.3 is 5.97 Å². The molecule has 0 spiro atoms. The Kier molecular flexibility index (Phi) is 10.1. The van der Waals surface area contributed by atoms with Crippen molar-refractivity contribution in [2.24, 2.45) is 17.6 Å². The summed E-state index contributed by atoms with van der Waals surface area (Å²) in [7, 11) is 0. The lowest BCUT2D eigenvalue weighted by molar-refractivity contribution is -0.137. The second kappa shape index (κ2) is 10.7. The average molecular weight is 286 g/mol. The number of amides is 1. The van der Waals surface area contributed by atoms with Crippen molar-refractivity contribution in [3.63, 3.8) is 0 Å². The quantitative estimate of drug-likeness (QED) is 0.542. The molecule has 5 heteroatoms. The monoisotopic (exact) mass is 286 g/mol. The van der Waals surface area contributed by atoms with Gasteiger partial charge in [-0.1, -0.05) is 33.6 Å². The first-order valence-corrected chi connectivity index (χ1v) is 7.61. The molecule has 0 fully saturated rings. The molecule has 0 aromatic rings. The van der Waals surface area contributed by atoms with Crippen LogP contribution in [-0.4, -0.2) is 29.6 Å². The van der Waals surface area contributed by atoms with Gasteiger partial charge in [0, 0.05) is 13.0 Å². The van der Waals surface area contributed by atoms with Crippen LogP contribution in [0.15, 0.2) is 0 Å². The minimum absolute atomic E-state index is 0.104. The number of carbonyl (C=O) groups is 2. The molecule has 0 saturated carbocycles. The summed E-state index contributed by atoms with van der Waals surface area (Å²) in [5.74, 6) is -0.0989. The van der Waals surface area contributed by atoms with E-state index in [1.807, 2.05) is 13.8 Å². The highest BCUT2D eigenvalue weighted by Crippen LogP contribution is 2.17. The number of nitrogens with two attached hydrogens (primary N) is 1.